The Balaban J connectivity index is 1.28. The average molecular weight is 475 g/mol. The molecule has 0 aliphatic rings. The summed E-state index contributed by atoms with van der Waals surface area (Å²) >= 11 is 5.83. The SMILES string of the molecule is O=C(Nc1ccc(OCc2ccc(Cl)cn2)cc1)c1cc(-c2ccc3n[nH]nc3n2)ccc1F. The molecule has 0 unspecified atom stereocenters. The highest BCUT2D eigenvalue weighted by atomic mass is 35.5. The van der Waals surface area contributed by atoms with Crippen molar-refractivity contribution in [3.8, 4) is 17.0 Å². The van der Waals surface area contributed by atoms with Crippen LogP contribution in [0, 0.1) is 5.82 Å². The number of carbonyl (C=O) groups is 1. The molecule has 0 aliphatic carbocycles. The molecule has 5 aromatic rings. The summed E-state index contributed by atoms with van der Waals surface area (Å²) in [4.78, 5) is 21.3. The van der Waals surface area contributed by atoms with Crippen LogP contribution in [0.15, 0.2) is 72.9 Å². The van der Waals surface area contributed by atoms with Crippen molar-refractivity contribution in [2.45, 2.75) is 6.61 Å². The molecular formula is C24H16ClFN6O2. The lowest BCUT2D eigenvalue weighted by molar-refractivity contribution is 0.102. The number of aromatic amines is 1. The Labute approximate surface area is 197 Å². The van der Waals surface area contributed by atoms with Crippen molar-refractivity contribution < 1.29 is 13.9 Å². The molecule has 3 heterocycles. The van der Waals surface area contributed by atoms with E-state index in [1.54, 1.807) is 60.8 Å². The number of nitrogens with one attached hydrogen (secondary N) is 2. The van der Waals surface area contributed by atoms with E-state index < -0.39 is 11.7 Å². The summed E-state index contributed by atoms with van der Waals surface area (Å²) in [6, 6.07) is 18.0. The fourth-order valence-electron chi connectivity index (χ4n) is 3.24. The van der Waals surface area contributed by atoms with Gasteiger partial charge in [-0.05, 0) is 66.7 Å². The highest BCUT2D eigenvalue weighted by Crippen LogP contribution is 2.23. The van der Waals surface area contributed by atoms with Gasteiger partial charge in [0.2, 0.25) is 5.65 Å². The highest BCUT2D eigenvalue weighted by Gasteiger charge is 2.15. The third-order valence-corrected chi connectivity index (χ3v) is 5.20. The zero-order valence-corrected chi connectivity index (χ0v) is 18.3. The number of nitrogens with zero attached hydrogens (tertiary/aromatic N) is 4. The van der Waals surface area contributed by atoms with Crippen molar-refractivity contribution in [2.24, 2.45) is 0 Å². The first-order valence-electron chi connectivity index (χ1n) is 10.2. The molecule has 0 saturated heterocycles. The third-order valence-electron chi connectivity index (χ3n) is 4.98. The maximum Gasteiger partial charge on any atom is 0.258 e. The molecule has 2 aromatic carbocycles. The number of benzene rings is 2. The van der Waals surface area contributed by atoms with Gasteiger partial charge in [-0.15, -0.1) is 5.10 Å². The van der Waals surface area contributed by atoms with Gasteiger partial charge in [0, 0.05) is 17.4 Å². The van der Waals surface area contributed by atoms with Crippen LogP contribution in [0.4, 0.5) is 10.1 Å². The minimum absolute atomic E-state index is 0.103. The van der Waals surface area contributed by atoms with Gasteiger partial charge in [-0.2, -0.15) is 10.3 Å². The van der Waals surface area contributed by atoms with Crippen LogP contribution in [0.1, 0.15) is 16.1 Å². The monoisotopic (exact) mass is 474 g/mol. The number of carbonyl (C=O) groups excluding carboxylic acids is 1. The second-order valence-electron chi connectivity index (χ2n) is 7.29. The largest absolute Gasteiger partial charge is 0.487 e. The molecule has 0 radical (unpaired) electrons. The van der Waals surface area contributed by atoms with Crippen LogP contribution in [0.2, 0.25) is 5.02 Å². The van der Waals surface area contributed by atoms with Crippen molar-refractivity contribution >= 4 is 34.4 Å². The van der Waals surface area contributed by atoms with Crippen molar-refractivity contribution in [3.05, 3.63) is 95.0 Å². The van der Waals surface area contributed by atoms with Gasteiger partial charge in [-0.25, -0.2) is 9.37 Å². The summed E-state index contributed by atoms with van der Waals surface area (Å²) in [6.07, 6.45) is 1.55. The van der Waals surface area contributed by atoms with E-state index in [1.807, 2.05) is 0 Å². The zero-order valence-electron chi connectivity index (χ0n) is 17.5. The van der Waals surface area contributed by atoms with Crippen molar-refractivity contribution in [1.29, 1.82) is 0 Å². The van der Waals surface area contributed by atoms with Gasteiger partial charge in [0.15, 0.2) is 0 Å². The third kappa shape index (κ3) is 4.69. The first kappa shape index (κ1) is 21.5. The molecule has 0 atom stereocenters. The predicted octanol–water partition coefficient (Wildman–Crippen LogP) is 5.04. The topological polar surface area (TPSA) is 106 Å². The van der Waals surface area contributed by atoms with Crippen molar-refractivity contribution in [2.75, 3.05) is 5.32 Å². The van der Waals surface area contributed by atoms with E-state index in [4.69, 9.17) is 16.3 Å². The fraction of sp³-hybridized carbons (Fsp3) is 0.0417. The number of halogens is 2. The zero-order chi connectivity index (χ0) is 23.5. The lowest BCUT2D eigenvalue weighted by Crippen LogP contribution is -2.14. The molecule has 0 fully saturated rings. The van der Waals surface area contributed by atoms with Gasteiger partial charge in [0.05, 0.1) is 22.0 Å². The van der Waals surface area contributed by atoms with Gasteiger partial charge in [-0.1, -0.05) is 11.6 Å². The summed E-state index contributed by atoms with van der Waals surface area (Å²) in [5, 5.41) is 13.7. The molecule has 5 rings (SSSR count). The van der Waals surface area contributed by atoms with Crippen LogP contribution in [-0.4, -0.2) is 31.3 Å². The Morgan fingerprint density at radius 1 is 1.03 bits per heavy atom. The number of hydrogen-bond donors (Lipinski definition) is 2. The Kier molecular flexibility index (Phi) is 5.84. The molecule has 0 spiro atoms. The molecule has 8 nitrogen and oxygen atoms in total. The average Bonchev–Trinajstić information content (AvgIpc) is 3.33. The van der Waals surface area contributed by atoms with E-state index in [-0.39, 0.29) is 12.2 Å². The van der Waals surface area contributed by atoms with Crippen molar-refractivity contribution in [1.82, 2.24) is 25.4 Å². The van der Waals surface area contributed by atoms with Crippen LogP contribution in [0.3, 0.4) is 0 Å². The number of hydrogen-bond acceptors (Lipinski definition) is 6. The van der Waals surface area contributed by atoms with E-state index in [0.717, 1.165) is 5.69 Å². The van der Waals surface area contributed by atoms with Gasteiger partial charge < -0.3 is 10.1 Å². The van der Waals surface area contributed by atoms with Crippen LogP contribution < -0.4 is 10.1 Å². The minimum atomic E-state index is -0.640. The van der Waals surface area contributed by atoms with Gasteiger partial charge >= 0.3 is 0 Å². The molecular weight excluding hydrogens is 459 g/mol. The first-order valence-corrected chi connectivity index (χ1v) is 10.5. The molecule has 2 N–H and O–H groups in total. The predicted molar refractivity (Wildman–Crippen MR) is 125 cm³/mol. The normalized spacial score (nSPS) is 10.9. The summed E-state index contributed by atoms with van der Waals surface area (Å²) < 4.78 is 20.1. The van der Waals surface area contributed by atoms with Crippen LogP contribution in [0.5, 0.6) is 5.75 Å². The summed E-state index contributed by atoms with van der Waals surface area (Å²) in [7, 11) is 0. The molecule has 3 aromatic heterocycles. The number of rotatable bonds is 6. The number of aromatic nitrogens is 5. The van der Waals surface area contributed by atoms with Gasteiger partial charge in [0.1, 0.15) is 23.7 Å². The van der Waals surface area contributed by atoms with E-state index in [9.17, 15) is 9.18 Å². The molecule has 0 aliphatic heterocycles. The molecule has 1 amide bonds. The van der Waals surface area contributed by atoms with E-state index in [0.29, 0.717) is 38.9 Å². The number of amides is 1. The van der Waals surface area contributed by atoms with Crippen molar-refractivity contribution in [3.63, 3.8) is 0 Å². The van der Waals surface area contributed by atoms with Gasteiger partial charge in [-0.3, -0.25) is 9.78 Å². The lowest BCUT2D eigenvalue weighted by atomic mass is 10.1. The van der Waals surface area contributed by atoms with Crippen LogP contribution in [0.25, 0.3) is 22.4 Å². The number of pyridine rings is 2. The fourth-order valence-corrected chi connectivity index (χ4v) is 3.35. The molecule has 0 saturated carbocycles. The van der Waals surface area contributed by atoms with E-state index in [1.165, 1.54) is 12.1 Å². The molecule has 168 valence electrons. The van der Waals surface area contributed by atoms with E-state index >= 15 is 0 Å². The minimum Gasteiger partial charge on any atom is -0.487 e. The second kappa shape index (κ2) is 9.24. The Hall–Kier alpha value is -4.37. The highest BCUT2D eigenvalue weighted by molar-refractivity contribution is 6.30. The van der Waals surface area contributed by atoms with Crippen LogP contribution in [-0.2, 0) is 6.61 Å². The molecule has 10 heteroatoms. The number of ether oxygens (including phenoxy) is 1. The van der Waals surface area contributed by atoms with Crippen LogP contribution >= 0.6 is 11.6 Å². The number of anilines is 1. The second-order valence-corrected chi connectivity index (χ2v) is 7.73. The summed E-state index contributed by atoms with van der Waals surface area (Å²) in [5.41, 5.74) is 3.29. The maximum atomic E-state index is 14.4. The first-order chi connectivity index (χ1) is 16.5. The molecule has 0 bridgehead atoms. The number of fused-ring (bicyclic) bond motifs is 1. The standard InChI is InChI=1S/C24H16ClFN6O2/c25-15-2-3-17(27-12-15)13-34-18-6-4-16(5-7-18)28-24(33)19-11-14(1-8-20(19)26)21-9-10-22-23(29-21)31-32-30-22/h1-12H,13H2,(H,28,33)(H,29,30,31,32). The quantitative estimate of drug-likeness (QED) is 0.357. The lowest BCUT2D eigenvalue weighted by Gasteiger charge is -2.10. The van der Waals surface area contributed by atoms with E-state index in [2.05, 4.69) is 30.7 Å². The van der Waals surface area contributed by atoms with Gasteiger partial charge in [0.25, 0.3) is 5.91 Å². The Bertz CT molecular complexity index is 1470. The number of H-pyrrole nitrogens is 1. The Morgan fingerprint density at radius 2 is 1.88 bits per heavy atom. The summed E-state index contributed by atoms with van der Waals surface area (Å²) in [5.74, 6) is -0.627. The molecule has 34 heavy (non-hydrogen) atoms. The smallest absolute Gasteiger partial charge is 0.258 e. The summed E-state index contributed by atoms with van der Waals surface area (Å²) in [6.45, 7) is 0.273. The Morgan fingerprint density at radius 3 is 2.68 bits per heavy atom. The maximum absolute atomic E-state index is 14.4.